The molecular formula is C30H24BrCl2FN2O8. The number of phenols is 1. The number of aliphatic carboxylic acids is 1. The van der Waals surface area contributed by atoms with E-state index in [1.807, 2.05) is 0 Å². The number of nitrogens with zero attached hydrogens (tertiary/aromatic N) is 2. The standard InChI is InChI=1S/C30H24BrCl2FN2O8/c1-44-20-11-13(31)10-18(24(20)39)23-16-6-7-17-22(26(41)35(25(17)40)9-8-21(37)38)19(16)12-29(32)27(42)36(28(43)30(23,29)33)15-4-2-14(34)3-5-15/h2-6,10-11,17,19,22-23,39H,7-9,12H2,1H3,(H,37,38). The number of ether oxygens (including phenoxy) is 1. The van der Waals surface area contributed by atoms with Crippen molar-refractivity contribution in [3.8, 4) is 11.5 Å². The van der Waals surface area contributed by atoms with Crippen molar-refractivity contribution in [2.24, 2.45) is 17.8 Å². The summed E-state index contributed by atoms with van der Waals surface area (Å²) in [7, 11) is 1.33. The van der Waals surface area contributed by atoms with Gasteiger partial charge in [-0.2, -0.15) is 0 Å². The van der Waals surface area contributed by atoms with Crippen molar-refractivity contribution >= 4 is 74.4 Å². The quantitative estimate of drug-likeness (QED) is 0.257. The molecule has 0 bridgehead atoms. The first-order chi connectivity index (χ1) is 20.8. The summed E-state index contributed by atoms with van der Waals surface area (Å²) in [4.78, 5) is 64.2. The minimum atomic E-state index is -2.24. The molecule has 6 atom stereocenters. The van der Waals surface area contributed by atoms with Crippen LogP contribution in [0.1, 0.15) is 30.7 Å². The Morgan fingerprint density at radius 1 is 1.09 bits per heavy atom. The van der Waals surface area contributed by atoms with Crippen molar-refractivity contribution in [3.63, 3.8) is 0 Å². The lowest BCUT2D eigenvalue weighted by molar-refractivity contribution is -0.142. The number of allylic oxidation sites excluding steroid dienone is 2. The molecule has 2 aromatic rings. The number of likely N-dealkylation sites (tertiary alicyclic amines) is 1. The fourth-order valence-electron chi connectivity index (χ4n) is 7.21. The van der Waals surface area contributed by atoms with Gasteiger partial charge in [-0.25, -0.2) is 9.29 Å². The van der Waals surface area contributed by atoms with Crippen molar-refractivity contribution in [2.45, 2.75) is 34.9 Å². The second-order valence-electron chi connectivity index (χ2n) is 11.3. The second-order valence-corrected chi connectivity index (χ2v) is 13.4. The fourth-order valence-corrected chi connectivity index (χ4v) is 8.59. The van der Waals surface area contributed by atoms with Gasteiger partial charge in [0.1, 0.15) is 5.82 Å². The van der Waals surface area contributed by atoms with Crippen molar-refractivity contribution in [3.05, 3.63) is 63.9 Å². The molecule has 6 unspecified atom stereocenters. The van der Waals surface area contributed by atoms with E-state index >= 15 is 0 Å². The normalized spacial score (nSPS) is 31.1. The Morgan fingerprint density at radius 2 is 1.77 bits per heavy atom. The third-order valence-electron chi connectivity index (χ3n) is 9.14. The zero-order chi connectivity index (χ0) is 31.9. The predicted octanol–water partition coefficient (Wildman–Crippen LogP) is 4.34. The first kappa shape index (κ1) is 30.5. The first-order valence-electron chi connectivity index (χ1n) is 13.6. The van der Waals surface area contributed by atoms with Gasteiger partial charge >= 0.3 is 5.97 Å². The maximum atomic E-state index is 14.4. The Labute approximate surface area is 268 Å². The number of halogens is 4. The molecule has 230 valence electrons. The maximum absolute atomic E-state index is 14.4. The number of amides is 4. The first-order valence-corrected chi connectivity index (χ1v) is 15.2. The molecule has 2 N–H and O–H groups in total. The van der Waals surface area contributed by atoms with E-state index in [0.29, 0.717) is 10.0 Å². The zero-order valence-corrected chi connectivity index (χ0v) is 26.0. The van der Waals surface area contributed by atoms with Crippen LogP contribution in [-0.2, 0) is 24.0 Å². The monoisotopic (exact) mass is 708 g/mol. The van der Waals surface area contributed by atoms with E-state index in [1.165, 1.54) is 31.4 Å². The van der Waals surface area contributed by atoms with Gasteiger partial charge in [-0.05, 0) is 55.2 Å². The summed E-state index contributed by atoms with van der Waals surface area (Å²) in [5.74, 6) is -9.12. The SMILES string of the molecule is COc1cc(Br)cc(C2C3=CCC4C(=O)N(CCC(=O)O)C(=O)C4C3CC3(Cl)C(=O)N(c4ccc(F)cc4)C(=O)C23Cl)c1O. The highest BCUT2D eigenvalue weighted by Gasteiger charge is 2.77. The Bertz CT molecular complexity index is 1690. The van der Waals surface area contributed by atoms with Gasteiger partial charge in [0.2, 0.25) is 11.8 Å². The molecule has 2 aliphatic carbocycles. The van der Waals surface area contributed by atoms with Crippen LogP contribution in [0.4, 0.5) is 10.1 Å². The number of benzene rings is 2. The number of carbonyl (C=O) groups excluding carboxylic acids is 4. The van der Waals surface area contributed by atoms with Crippen LogP contribution in [-0.4, -0.2) is 68.1 Å². The molecule has 0 radical (unpaired) electrons. The van der Waals surface area contributed by atoms with E-state index in [9.17, 15) is 38.6 Å². The van der Waals surface area contributed by atoms with Crippen LogP contribution in [0.3, 0.4) is 0 Å². The topological polar surface area (TPSA) is 142 Å². The van der Waals surface area contributed by atoms with Crippen LogP contribution in [0.2, 0.25) is 0 Å². The van der Waals surface area contributed by atoms with Crippen LogP contribution in [0.15, 0.2) is 52.5 Å². The van der Waals surface area contributed by atoms with Gasteiger partial charge in [0.25, 0.3) is 11.8 Å². The molecule has 4 aliphatic rings. The summed E-state index contributed by atoms with van der Waals surface area (Å²) >= 11 is 18.0. The van der Waals surface area contributed by atoms with Gasteiger partial charge in [-0.3, -0.25) is 28.9 Å². The summed E-state index contributed by atoms with van der Waals surface area (Å²) in [5, 5.41) is 20.5. The molecule has 4 amide bonds. The molecule has 1 saturated carbocycles. The lowest BCUT2D eigenvalue weighted by atomic mass is 9.56. The van der Waals surface area contributed by atoms with Gasteiger partial charge in [0, 0.05) is 22.5 Å². The minimum absolute atomic E-state index is 0.0208. The number of rotatable bonds is 6. The van der Waals surface area contributed by atoms with Crippen LogP contribution in [0.5, 0.6) is 11.5 Å². The summed E-state index contributed by atoms with van der Waals surface area (Å²) < 4.78 is 19.6. The Balaban J connectivity index is 1.56. The molecule has 10 nitrogen and oxygen atoms in total. The number of hydrogen-bond donors (Lipinski definition) is 2. The van der Waals surface area contributed by atoms with Gasteiger partial charge in [-0.1, -0.05) is 27.6 Å². The summed E-state index contributed by atoms with van der Waals surface area (Å²) in [5.41, 5.74) is 0.538. The lowest BCUT2D eigenvalue weighted by Crippen LogP contribution is -2.60. The number of aromatic hydroxyl groups is 1. The Hall–Kier alpha value is -3.48. The molecule has 6 rings (SSSR count). The van der Waals surface area contributed by atoms with E-state index in [1.54, 1.807) is 6.08 Å². The van der Waals surface area contributed by atoms with Crippen molar-refractivity contribution in [1.29, 1.82) is 0 Å². The van der Waals surface area contributed by atoms with Crippen LogP contribution >= 0.6 is 39.1 Å². The van der Waals surface area contributed by atoms with E-state index in [4.69, 9.17) is 27.9 Å². The number of alkyl halides is 2. The largest absolute Gasteiger partial charge is 0.504 e. The highest BCUT2D eigenvalue weighted by molar-refractivity contribution is 9.10. The highest BCUT2D eigenvalue weighted by atomic mass is 79.9. The summed E-state index contributed by atoms with van der Waals surface area (Å²) in [6, 6.07) is 7.62. The molecule has 2 heterocycles. The zero-order valence-electron chi connectivity index (χ0n) is 22.9. The number of fused-ring (bicyclic) bond motifs is 4. The number of anilines is 1. The third kappa shape index (κ3) is 4.13. The maximum Gasteiger partial charge on any atom is 0.305 e. The van der Waals surface area contributed by atoms with E-state index in [2.05, 4.69) is 15.9 Å². The molecule has 2 saturated heterocycles. The molecule has 3 fully saturated rings. The van der Waals surface area contributed by atoms with E-state index < -0.39 is 75.3 Å². The smallest absolute Gasteiger partial charge is 0.305 e. The van der Waals surface area contributed by atoms with Crippen LogP contribution < -0.4 is 9.64 Å². The second kappa shape index (κ2) is 10.6. The Morgan fingerprint density at radius 3 is 2.41 bits per heavy atom. The number of methoxy groups -OCH3 is 1. The molecule has 44 heavy (non-hydrogen) atoms. The number of hydrogen-bond acceptors (Lipinski definition) is 7. The van der Waals surface area contributed by atoms with Crippen molar-refractivity contribution in [1.82, 2.24) is 4.90 Å². The number of carbonyl (C=O) groups is 5. The van der Waals surface area contributed by atoms with Gasteiger partial charge < -0.3 is 14.9 Å². The number of imide groups is 2. The molecule has 2 aromatic carbocycles. The van der Waals surface area contributed by atoms with Gasteiger partial charge in [0.05, 0.1) is 31.1 Å². The fraction of sp³-hybridized carbons (Fsp3) is 0.367. The molecule has 2 aliphatic heterocycles. The van der Waals surface area contributed by atoms with Crippen LogP contribution in [0.25, 0.3) is 0 Å². The van der Waals surface area contributed by atoms with Gasteiger partial charge in [0.15, 0.2) is 21.2 Å². The average molecular weight is 710 g/mol. The lowest BCUT2D eigenvalue weighted by Gasteiger charge is -2.50. The van der Waals surface area contributed by atoms with Crippen LogP contribution in [0, 0.1) is 23.6 Å². The minimum Gasteiger partial charge on any atom is -0.504 e. The average Bonchev–Trinajstić information content (AvgIpc) is 3.31. The molecule has 14 heteroatoms. The molecule has 0 spiro atoms. The summed E-state index contributed by atoms with van der Waals surface area (Å²) in [6.45, 7) is -0.323. The van der Waals surface area contributed by atoms with E-state index in [-0.39, 0.29) is 42.1 Å². The predicted molar refractivity (Wildman–Crippen MR) is 158 cm³/mol. The number of carboxylic acids is 1. The number of carboxylic acid groups (broad SMARTS) is 1. The Kier molecular flexibility index (Phi) is 7.33. The van der Waals surface area contributed by atoms with E-state index in [0.717, 1.165) is 21.9 Å². The highest BCUT2D eigenvalue weighted by Crippen LogP contribution is 2.67. The summed E-state index contributed by atoms with van der Waals surface area (Å²) in [6.07, 6.45) is 0.995. The molecule has 0 aromatic heterocycles. The van der Waals surface area contributed by atoms with Crippen molar-refractivity contribution < 1.29 is 43.3 Å². The molecular weight excluding hydrogens is 686 g/mol. The number of phenolic OH excluding ortho intramolecular Hbond substituents is 1. The third-order valence-corrected chi connectivity index (χ3v) is 11.0. The van der Waals surface area contributed by atoms with Crippen molar-refractivity contribution in [2.75, 3.05) is 18.6 Å². The van der Waals surface area contributed by atoms with Gasteiger partial charge in [-0.15, -0.1) is 23.2 Å².